The van der Waals surface area contributed by atoms with Gasteiger partial charge in [0.25, 0.3) is 0 Å². The van der Waals surface area contributed by atoms with Crippen molar-refractivity contribution in [3.63, 3.8) is 0 Å². The van der Waals surface area contributed by atoms with Gasteiger partial charge in [-0.2, -0.15) is 13.2 Å². The Kier molecular flexibility index (Phi) is 8.03. The number of halogens is 3. The van der Waals surface area contributed by atoms with Crippen LogP contribution in [0, 0.1) is 5.92 Å². The normalized spacial score (nSPS) is 13.5. The first-order valence-electron chi connectivity index (χ1n) is 10.3. The Bertz CT molecular complexity index is 978. The minimum absolute atomic E-state index is 0.151. The highest BCUT2D eigenvalue weighted by Gasteiger charge is 2.32. The number of carboxylic acids is 1. The minimum Gasteiger partial charge on any atom is -0.481 e. The molecule has 0 saturated carbocycles. The lowest BCUT2D eigenvalue weighted by Crippen LogP contribution is -2.39. The SMILES string of the molecule is O=C(O)C(CNCc1ccccc1)C(NCc1ccccc1)c1ccc(C(F)(F)F)cc1. The molecule has 0 bridgehead atoms. The molecule has 4 nitrogen and oxygen atoms in total. The van der Waals surface area contributed by atoms with E-state index in [4.69, 9.17) is 0 Å². The lowest BCUT2D eigenvalue weighted by Gasteiger charge is -2.26. The van der Waals surface area contributed by atoms with Gasteiger partial charge in [0.15, 0.2) is 0 Å². The molecule has 0 spiro atoms. The van der Waals surface area contributed by atoms with Crippen LogP contribution in [-0.2, 0) is 24.1 Å². The first kappa shape index (κ1) is 23.5. The molecule has 0 amide bonds. The molecule has 0 radical (unpaired) electrons. The van der Waals surface area contributed by atoms with Gasteiger partial charge >= 0.3 is 12.1 Å². The van der Waals surface area contributed by atoms with Crippen LogP contribution in [0.25, 0.3) is 0 Å². The second-order valence-electron chi connectivity index (χ2n) is 7.53. The summed E-state index contributed by atoms with van der Waals surface area (Å²) in [7, 11) is 0. The molecule has 2 unspecified atom stereocenters. The number of rotatable bonds is 10. The maximum Gasteiger partial charge on any atom is 0.416 e. The summed E-state index contributed by atoms with van der Waals surface area (Å²) < 4.78 is 39.0. The van der Waals surface area contributed by atoms with Crippen molar-refractivity contribution in [2.75, 3.05) is 6.54 Å². The summed E-state index contributed by atoms with van der Waals surface area (Å²) in [5.74, 6) is -1.92. The molecule has 0 fully saturated rings. The van der Waals surface area contributed by atoms with Crippen LogP contribution in [0.1, 0.15) is 28.3 Å². The highest BCUT2D eigenvalue weighted by atomic mass is 19.4. The predicted octanol–water partition coefficient (Wildman–Crippen LogP) is 5.03. The molecule has 3 aromatic rings. The lowest BCUT2D eigenvalue weighted by molar-refractivity contribution is -0.143. The quantitative estimate of drug-likeness (QED) is 0.412. The van der Waals surface area contributed by atoms with Crippen LogP contribution in [0.4, 0.5) is 13.2 Å². The third-order valence-corrected chi connectivity index (χ3v) is 5.22. The van der Waals surface area contributed by atoms with Gasteiger partial charge < -0.3 is 15.7 Å². The van der Waals surface area contributed by atoms with Crippen LogP contribution in [-0.4, -0.2) is 17.6 Å². The smallest absolute Gasteiger partial charge is 0.416 e. The van der Waals surface area contributed by atoms with E-state index in [-0.39, 0.29) is 6.54 Å². The molecular weight excluding hydrogens is 417 g/mol. The monoisotopic (exact) mass is 442 g/mol. The number of nitrogens with one attached hydrogen (secondary N) is 2. The maximum absolute atomic E-state index is 13.0. The van der Waals surface area contributed by atoms with Crippen molar-refractivity contribution in [3.8, 4) is 0 Å². The highest BCUT2D eigenvalue weighted by molar-refractivity contribution is 5.71. The van der Waals surface area contributed by atoms with Crippen molar-refractivity contribution in [1.29, 1.82) is 0 Å². The van der Waals surface area contributed by atoms with Gasteiger partial charge in [-0.25, -0.2) is 0 Å². The van der Waals surface area contributed by atoms with Gasteiger partial charge in [-0.1, -0.05) is 72.8 Å². The molecule has 32 heavy (non-hydrogen) atoms. The van der Waals surface area contributed by atoms with E-state index in [0.29, 0.717) is 18.7 Å². The third kappa shape index (κ3) is 6.67. The third-order valence-electron chi connectivity index (χ3n) is 5.22. The van der Waals surface area contributed by atoms with Crippen LogP contribution in [0.2, 0.25) is 0 Å². The number of aliphatic carboxylic acids is 1. The minimum atomic E-state index is -4.45. The van der Waals surface area contributed by atoms with Gasteiger partial charge in [-0.15, -0.1) is 0 Å². The van der Waals surface area contributed by atoms with Crippen LogP contribution in [0.5, 0.6) is 0 Å². The topological polar surface area (TPSA) is 61.4 Å². The number of hydrogen-bond acceptors (Lipinski definition) is 3. The second kappa shape index (κ2) is 10.9. The molecule has 0 aliphatic rings. The van der Waals surface area contributed by atoms with E-state index < -0.39 is 29.7 Å². The summed E-state index contributed by atoms with van der Waals surface area (Å²) in [5.41, 5.74) is 1.69. The molecule has 3 N–H and O–H groups in total. The Morgan fingerprint density at radius 3 is 1.84 bits per heavy atom. The van der Waals surface area contributed by atoms with E-state index in [9.17, 15) is 23.1 Å². The van der Waals surface area contributed by atoms with Crippen molar-refractivity contribution in [1.82, 2.24) is 10.6 Å². The molecule has 2 atom stereocenters. The van der Waals surface area contributed by atoms with Crippen molar-refractivity contribution >= 4 is 5.97 Å². The Labute approximate surface area is 185 Å². The molecule has 168 valence electrons. The largest absolute Gasteiger partial charge is 0.481 e. The molecule has 0 aromatic heterocycles. The Hall–Kier alpha value is -3.16. The Balaban J connectivity index is 1.79. The standard InChI is InChI=1S/C25H25F3N2O2/c26-25(27,28)21-13-11-20(12-14-21)23(30-16-19-9-5-2-6-10-19)22(24(31)32)17-29-15-18-7-3-1-4-8-18/h1-14,22-23,29-30H,15-17H2,(H,31,32). The van der Waals surface area contributed by atoms with Crippen molar-refractivity contribution in [2.45, 2.75) is 25.3 Å². The van der Waals surface area contributed by atoms with Gasteiger partial charge in [-0.3, -0.25) is 4.79 Å². The molecule has 0 aliphatic heterocycles. The van der Waals surface area contributed by atoms with Crippen LogP contribution < -0.4 is 10.6 Å². The van der Waals surface area contributed by atoms with E-state index in [0.717, 1.165) is 23.3 Å². The van der Waals surface area contributed by atoms with E-state index >= 15 is 0 Å². The van der Waals surface area contributed by atoms with Gasteiger partial charge in [0.1, 0.15) is 0 Å². The van der Waals surface area contributed by atoms with Crippen molar-refractivity contribution in [2.24, 2.45) is 5.92 Å². The van der Waals surface area contributed by atoms with E-state index in [2.05, 4.69) is 10.6 Å². The zero-order valence-electron chi connectivity index (χ0n) is 17.3. The van der Waals surface area contributed by atoms with Crippen molar-refractivity contribution in [3.05, 3.63) is 107 Å². The fraction of sp³-hybridized carbons (Fsp3) is 0.240. The van der Waals surface area contributed by atoms with E-state index in [1.807, 2.05) is 60.7 Å². The summed E-state index contributed by atoms with van der Waals surface area (Å²) >= 11 is 0. The molecule has 0 heterocycles. The first-order valence-corrected chi connectivity index (χ1v) is 10.3. The lowest BCUT2D eigenvalue weighted by atomic mass is 9.91. The number of alkyl halides is 3. The zero-order chi connectivity index (χ0) is 23.0. The number of benzene rings is 3. The molecule has 0 saturated heterocycles. The summed E-state index contributed by atoms with van der Waals surface area (Å²) in [5, 5.41) is 16.3. The zero-order valence-corrected chi connectivity index (χ0v) is 17.3. The predicted molar refractivity (Wildman–Crippen MR) is 117 cm³/mol. The van der Waals surface area contributed by atoms with E-state index in [1.54, 1.807) is 0 Å². The van der Waals surface area contributed by atoms with Gasteiger partial charge in [0.2, 0.25) is 0 Å². The Morgan fingerprint density at radius 2 is 1.34 bits per heavy atom. The summed E-state index contributed by atoms with van der Waals surface area (Å²) in [6.07, 6.45) is -4.45. The van der Waals surface area contributed by atoms with Gasteiger partial charge in [-0.05, 0) is 28.8 Å². The molecular formula is C25H25F3N2O2. The number of hydrogen-bond donors (Lipinski definition) is 3. The summed E-state index contributed by atoms with van der Waals surface area (Å²) in [6.45, 7) is 1.02. The second-order valence-corrected chi connectivity index (χ2v) is 7.53. The van der Waals surface area contributed by atoms with Gasteiger partial charge in [0.05, 0.1) is 11.5 Å². The van der Waals surface area contributed by atoms with Crippen LogP contribution in [0.3, 0.4) is 0 Å². The summed E-state index contributed by atoms with van der Waals surface area (Å²) in [4.78, 5) is 12.1. The van der Waals surface area contributed by atoms with Crippen molar-refractivity contribution < 1.29 is 23.1 Å². The van der Waals surface area contributed by atoms with Crippen LogP contribution in [0.15, 0.2) is 84.9 Å². The molecule has 0 aliphatic carbocycles. The van der Waals surface area contributed by atoms with Crippen LogP contribution >= 0.6 is 0 Å². The van der Waals surface area contributed by atoms with E-state index in [1.165, 1.54) is 12.1 Å². The fourth-order valence-electron chi connectivity index (χ4n) is 3.51. The average Bonchev–Trinajstić information content (AvgIpc) is 2.79. The molecule has 3 aromatic carbocycles. The fourth-order valence-corrected chi connectivity index (χ4v) is 3.51. The average molecular weight is 442 g/mol. The molecule has 7 heteroatoms. The highest BCUT2D eigenvalue weighted by Crippen LogP contribution is 2.31. The first-order chi connectivity index (χ1) is 15.3. The molecule has 3 rings (SSSR count). The van der Waals surface area contributed by atoms with Gasteiger partial charge in [0, 0.05) is 25.7 Å². The maximum atomic E-state index is 13.0. The number of carbonyl (C=O) groups is 1. The number of carboxylic acid groups (broad SMARTS) is 1. The summed E-state index contributed by atoms with van der Waals surface area (Å²) in [6, 6.07) is 23.0. The Morgan fingerprint density at radius 1 is 0.812 bits per heavy atom.